The lowest BCUT2D eigenvalue weighted by molar-refractivity contribution is -0.153. The molecule has 50 heavy (non-hydrogen) atoms. The van der Waals surface area contributed by atoms with E-state index in [-0.39, 0.29) is 25.9 Å². The number of primary amides is 1. The Kier molecular flexibility index (Phi) is 11.3. The molecule has 4 aromatic rings. The molecule has 13 heteroatoms. The first-order chi connectivity index (χ1) is 23.9. The molecule has 13 nitrogen and oxygen atoms in total. The highest BCUT2D eigenvalue weighted by Gasteiger charge is 2.49. The molecule has 0 bridgehead atoms. The van der Waals surface area contributed by atoms with Crippen LogP contribution in [0.3, 0.4) is 0 Å². The Bertz CT molecular complexity index is 1830. The molecule has 0 aliphatic carbocycles. The van der Waals surface area contributed by atoms with Crippen molar-refractivity contribution in [3.8, 4) is 0 Å². The molecule has 0 saturated carbocycles. The summed E-state index contributed by atoms with van der Waals surface area (Å²) in [4.78, 5) is 71.2. The highest BCUT2D eigenvalue weighted by atomic mass is 16.5. The minimum absolute atomic E-state index is 0.0806. The monoisotopic (exact) mass is 681 g/mol. The van der Waals surface area contributed by atoms with Gasteiger partial charge in [-0.2, -0.15) is 0 Å². The average molecular weight is 682 g/mol. The third-order valence-corrected chi connectivity index (χ3v) is 8.73. The van der Waals surface area contributed by atoms with E-state index in [1.165, 1.54) is 4.90 Å². The van der Waals surface area contributed by atoms with Gasteiger partial charge in [-0.15, -0.1) is 0 Å². The summed E-state index contributed by atoms with van der Waals surface area (Å²) in [7, 11) is 0. The number of carbonyl (C=O) groups excluding carboxylic acids is 5. The van der Waals surface area contributed by atoms with Gasteiger partial charge in [-0.05, 0) is 43.0 Å². The van der Waals surface area contributed by atoms with Gasteiger partial charge in [0.2, 0.25) is 29.5 Å². The summed E-state index contributed by atoms with van der Waals surface area (Å²) in [6, 6.07) is 21.7. The van der Waals surface area contributed by atoms with Gasteiger partial charge in [0.1, 0.15) is 23.9 Å². The van der Waals surface area contributed by atoms with Gasteiger partial charge in [0.25, 0.3) is 0 Å². The average Bonchev–Trinajstić information content (AvgIpc) is 3.66. The first-order valence-electron chi connectivity index (χ1n) is 16.4. The number of aromatic nitrogens is 1. The molecule has 5 amide bonds. The van der Waals surface area contributed by atoms with Crippen LogP contribution in [0.25, 0.3) is 10.9 Å². The van der Waals surface area contributed by atoms with Crippen molar-refractivity contribution in [2.45, 2.75) is 63.0 Å². The van der Waals surface area contributed by atoms with Crippen molar-refractivity contribution in [2.75, 3.05) is 13.2 Å². The van der Waals surface area contributed by atoms with Gasteiger partial charge in [0.05, 0.1) is 19.2 Å². The summed E-state index contributed by atoms with van der Waals surface area (Å²) in [5.41, 5.74) is 13.6. The fraction of sp³-hybridized carbons (Fsp3) is 0.324. The zero-order valence-corrected chi connectivity index (χ0v) is 28.1. The van der Waals surface area contributed by atoms with E-state index < -0.39 is 66.0 Å². The quantitative estimate of drug-likeness (QED) is 0.114. The number of H-pyrrole nitrogens is 1. The number of amides is 5. The standard InChI is InChI=1S/C37H43N7O6/c1-37(2)44(36(49)30(18-24-13-7-4-8-14-24)43-33(46)27(38)17-23-11-5-3-6-12-23)31(22-50-37)35(48)42-29(34(47)41-21-32(39)45)19-25-20-40-28-16-10-9-15-26(25)28/h3-16,20,27,29-31,40H,17-19,21-22,38H2,1-2H3,(H2,39,45)(H,41,47)(H,42,48)(H,43,46)/t27-,29-,30-,31-/m0/s1. The van der Waals surface area contributed by atoms with Gasteiger partial charge in [-0.3, -0.25) is 28.9 Å². The Morgan fingerprint density at radius 2 is 1.46 bits per heavy atom. The molecule has 1 aliphatic rings. The SMILES string of the molecule is CC1(C)OC[C@@H](C(=O)N[C@@H](Cc2c[nH]c3ccccc23)C(=O)NCC(N)=O)N1C(=O)[C@H](Cc1ccccc1)NC(=O)[C@@H](N)Cc1ccccc1. The van der Waals surface area contributed by atoms with Gasteiger partial charge in [0.15, 0.2) is 0 Å². The number of nitrogens with one attached hydrogen (secondary N) is 4. The number of hydrogen-bond donors (Lipinski definition) is 6. The molecule has 1 saturated heterocycles. The first kappa shape index (κ1) is 35.8. The fourth-order valence-electron chi connectivity index (χ4n) is 6.17. The molecule has 3 aromatic carbocycles. The van der Waals surface area contributed by atoms with Crippen molar-refractivity contribution in [3.63, 3.8) is 0 Å². The first-order valence-corrected chi connectivity index (χ1v) is 16.4. The largest absolute Gasteiger partial charge is 0.368 e. The van der Waals surface area contributed by atoms with Crippen molar-refractivity contribution in [1.82, 2.24) is 25.8 Å². The number of ether oxygens (including phenoxy) is 1. The van der Waals surface area contributed by atoms with E-state index in [9.17, 15) is 24.0 Å². The predicted octanol–water partition coefficient (Wildman–Crippen LogP) is 1.06. The Labute approximate surface area is 290 Å². The number of fused-ring (bicyclic) bond motifs is 1. The minimum atomic E-state index is -1.24. The summed E-state index contributed by atoms with van der Waals surface area (Å²) in [6.45, 7) is 2.73. The van der Waals surface area contributed by atoms with Gasteiger partial charge >= 0.3 is 0 Å². The van der Waals surface area contributed by atoms with Crippen molar-refractivity contribution >= 4 is 40.4 Å². The van der Waals surface area contributed by atoms with Crippen LogP contribution >= 0.6 is 0 Å². The number of para-hydroxylation sites is 1. The fourth-order valence-corrected chi connectivity index (χ4v) is 6.17. The Hall–Kier alpha value is -5.53. The highest BCUT2D eigenvalue weighted by molar-refractivity contribution is 5.96. The molecule has 8 N–H and O–H groups in total. The molecular formula is C37H43N7O6. The number of nitrogens with zero attached hydrogens (tertiary/aromatic N) is 1. The van der Waals surface area contributed by atoms with Crippen LogP contribution in [0, 0.1) is 0 Å². The molecule has 5 rings (SSSR count). The van der Waals surface area contributed by atoms with Crippen LogP contribution in [0.15, 0.2) is 91.1 Å². The van der Waals surface area contributed by atoms with Crippen LogP contribution in [-0.2, 0) is 48.0 Å². The maximum absolute atomic E-state index is 14.5. The molecule has 1 aromatic heterocycles. The van der Waals surface area contributed by atoms with Crippen molar-refractivity contribution in [1.29, 1.82) is 0 Å². The highest BCUT2D eigenvalue weighted by Crippen LogP contribution is 2.29. The second kappa shape index (κ2) is 15.8. The smallest absolute Gasteiger partial charge is 0.248 e. The molecule has 262 valence electrons. The third-order valence-electron chi connectivity index (χ3n) is 8.73. The third kappa shape index (κ3) is 8.73. The van der Waals surface area contributed by atoms with Crippen LogP contribution in [0.1, 0.15) is 30.5 Å². The van der Waals surface area contributed by atoms with Crippen LogP contribution in [0.4, 0.5) is 0 Å². The topological polar surface area (TPSA) is 202 Å². The minimum Gasteiger partial charge on any atom is -0.368 e. The summed E-state index contributed by atoms with van der Waals surface area (Å²) in [5, 5.41) is 8.96. The van der Waals surface area contributed by atoms with E-state index in [1.54, 1.807) is 20.0 Å². The molecular weight excluding hydrogens is 638 g/mol. The number of nitrogens with two attached hydrogens (primary N) is 2. The van der Waals surface area contributed by atoms with Gasteiger partial charge in [-0.1, -0.05) is 78.9 Å². The maximum atomic E-state index is 14.5. The lowest BCUT2D eigenvalue weighted by Gasteiger charge is -2.36. The number of rotatable bonds is 14. The molecule has 1 aliphatic heterocycles. The van der Waals surface area contributed by atoms with Crippen molar-refractivity contribution in [3.05, 3.63) is 108 Å². The zero-order valence-electron chi connectivity index (χ0n) is 28.1. The van der Waals surface area contributed by atoms with Crippen LogP contribution in [-0.4, -0.2) is 82.5 Å². The van der Waals surface area contributed by atoms with E-state index in [4.69, 9.17) is 16.2 Å². The zero-order chi connectivity index (χ0) is 35.8. The van der Waals surface area contributed by atoms with Crippen LogP contribution in [0.5, 0.6) is 0 Å². The van der Waals surface area contributed by atoms with Gasteiger partial charge in [-0.25, -0.2) is 0 Å². The number of benzene rings is 3. The van der Waals surface area contributed by atoms with Crippen molar-refractivity contribution in [2.24, 2.45) is 11.5 Å². The lowest BCUT2D eigenvalue weighted by atomic mass is 10.0. The summed E-state index contributed by atoms with van der Waals surface area (Å²) >= 11 is 0. The summed E-state index contributed by atoms with van der Waals surface area (Å²) in [5.74, 6) is -3.09. The molecule has 1 fully saturated rings. The normalized spacial score (nSPS) is 17.0. The molecule has 4 atom stereocenters. The second-order valence-corrected chi connectivity index (χ2v) is 12.8. The van der Waals surface area contributed by atoms with Crippen molar-refractivity contribution < 1.29 is 28.7 Å². The maximum Gasteiger partial charge on any atom is 0.248 e. The van der Waals surface area contributed by atoms with Gasteiger partial charge in [0, 0.05) is 29.9 Å². The van der Waals surface area contributed by atoms with Gasteiger partial charge < -0.3 is 37.1 Å². The summed E-state index contributed by atoms with van der Waals surface area (Å²) < 4.78 is 5.96. The van der Waals surface area contributed by atoms with Crippen LogP contribution < -0.4 is 27.4 Å². The molecule has 0 unspecified atom stereocenters. The lowest BCUT2D eigenvalue weighted by Crippen LogP contribution is -2.62. The number of aromatic amines is 1. The molecule has 2 heterocycles. The van der Waals surface area contributed by atoms with Crippen LogP contribution in [0.2, 0.25) is 0 Å². The molecule has 0 spiro atoms. The Morgan fingerprint density at radius 3 is 2.12 bits per heavy atom. The molecule has 0 radical (unpaired) electrons. The van der Waals surface area contributed by atoms with E-state index in [0.29, 0.717) is 0 Å². The number of hydrogen-bond acceptors (Lipinski definition) is 7. The van der Waals surface area contributed by atoms with E-state index in [2.05, 4.69) is 20.9 Å². The van der Waals surface area contributed by atoms with E-state index in [1.807, 2.05) is 84.9 Å². The van der Waals surface area contributed by atoms with E-state index >= 15 is 0 Å². The summed E-state index contributed by atoms with van der Waals surface area (Å²) in [6.07, 6.45) is 2.22. The van der Waals surface area contributed by atoms with E-state index in [0.717, 1.165) is 27.6 Å². The number of carbonyl (C=O) groups is 5. The predicted molar refractivity (Wildman–Crippen MR) is 187 cm³/mol. The Morgan fingerprint density at radius 1 is 0.840 bits per heavy atom. The Balaban J connectivity index is 1.38. The second-order valence-electron chi connectivity index (χ2n) is 12.8.